The molecule has 15 heavy (non-hydrogen) atoms. The molecule has 1 saturated heterocycles. The zero-order chi connectivity index (χ0) is 11.5. The Bertz CT molecular complexity index is 287. The Hall–Kier alpha value is -0.0900. The molecule has 1 heterocycles. The highest BCUT2D eigenvalue weighted by Crippen LogP contribution is 2.22. The van der Waals surface area contributed by atoms with Crippen LogP contribution >= 0.6 is 0 Å². The van der Waals surface area contributed by atoms with Gasteiger partial charge in [0.1, 0.15) is 0 Å². The average molecular weight is 233 g/mol. The van der Waals surface area contributed by atoms with Gasteiger partial charge in [0.2, 0.25) is 0 Å². The molecule has 0 amide bonds. The number of hydrogen-bond acceptors (Lipinski definition) is 3. The third-order valence-electron chi connectivity index (χ3n) is 3.29. The largest absolute Gasteiger partial charge is 0.309 e. The van der Waals surface area contributed by atoms with Crippen molar-refractivity contribution in [3.8, 4) is 0 Å². The number of nitrogens with one attached hydrogen (secondary N) is 1. The molecular formula is C11H23NO2S. The number of sulfone groups is 1. The van der Waals surface area contributed by atoms with Crippen molar-refractivity contribution >= 4 is 9.84 Å². The van der Waals surface area contributed by atoms with E-state index in [9.17, 15) is 8.42 Å². The Labute approximate surface area is 93.6 Å². The second kappa shape index (κ2) is 5.30. The lowest BCUT2D eigenvalue weighted by Gasteiger charge is -2.36. The Morgan fingerprint density at radius 1 is 1.20 bits per heavy atom. The zero-order valence-electron chi connectivity index (χ0n) is 9.99. The van der Waals surface area contributed by atoms with Crippen LogP contribution in [0.15, 0.2) is 0 Å². The highest BCUT2D eigenvalue weighted by Gasteiger charge is 2.38. The molecule has 1 aliphatic rings. The summed E-state index contributed by atoms with van der Waals surface area (Å²) >= 11 is 0. The summed E-state index contributed by atoms with van der Waals surface area (Å²) in [6.45, 7) is 6.12. The molecule has 1 aliphatic heterocycles. The van der Waals surface area contributed by atoms with Crippen LogP contribution in [0.25, 0.3) is 0 Å². The van der Waals surface area contributed by atoms with Gasteiger partial charge in [-0.3, -0.25) is 0 Å². The van der Waals surface area contributed by atoms with Gasteiger partial charge in [0, 0.05) is 12.1 Å². The molecule has 4 heteroatoms. The van der Waals surface area contributed by atoms with E-state index in [1.165, 1.54) is 0 Å². The van der Waals surface area contributed by atoms with Gasteiger partial charge < -0.3 is 5.32 Å². The minimum Gasteiger partial charge on any atom is -0.309 e. The van der Waals surface area contributed by atoms with Crippen molar-refractivity contribution in [1.29, 1.82) is 0 Å². The standard InChI is InChI=1S/C11H23NO2S/c1-4-7-10-11(6-3)15(13,14)8-9(5-2)12-10/h9-12H,4-8H2,1-3H3. The van der Waals surface area contributed by atoms with Gasteiger partial charge >= 0.3 is 0 Å². The van der Waals surface area contributed by atoms with Gasteiger partial charge in [-0.05, 0) is 19.3 Å². The zero-order valence-corrected chi connectivity index (χ0v) is 10.8. The maximum atomic E-state index is 12.0. The maximum absolute atomic E-state index is 12.0. The molecule has 0 aromatic carbocycles. The highest BCUT2D eigenvalue weighted by atomic mass is 32.2. The number of rotatable bonds is 4. The molecule has 0 bridgehead atoms. The van der Waals surface area contributed by atoms with Crippen LogP contribution in [0.2, 0.25) is 0 Å². The molecule has 0 saturated carbocycles. The van der Waals surface area contributed by atoms with Crippen molar-refractivity contribution in [3.05, 3.63) is 0 Å². The van der Waals surface area contributed by atoms with Gasteiger partial charge in [-0.1, -0.05) is 27.2 Å². The average Bonchev–Trinajstić information content (AvgIpc) is 2.16. The first-order chi connectivity index (χ1) is 7.05. The van der Waals surface area contributed by atoms with E-state index in [0.717, 1.165) is 25.7 Å². The summed E-state index contributed by atoms with van der Waals surface area (Å²) < 4.78 is 24.1. The fraction of sp³-hybridized carbons (Fsp3) is 1.00. The Morgan fingerprint density at radius 2 is 1.87 bits per heavy atom. The first kappa shape index (κ1) is 13.0. The van der Waals surface area contributed by atoms with E-state index >= 15 is 0 Å². The van der Waals surface area contributed by atoms with Crippen LogP contribution < -0.4 is 5.32 Å². The smallest absolute Gasteiger partial charge is 0.156 e. The van der Waals surface area contributed by atoms with Crippen molar-refractivity contribution in [2.75, 3.05) is 5.75 Å². The van der Waals surface area contributed by atoms with Gasteiger partial charge in [-0.2, -0.15) is 0 Å². The normalized spacial score (nSPS) is 35.3. The van der Waals surface area contributed by atoms with Crippen molar-refractivity contribution in [2.24, 2.45) is 0 Å². The molecule has 3 nitrogen and oxygen atoms in total. The van der Waals surface area contributed by atoms with E-state index in [1.54, 1.807) is 0 Å². The van der Waals surface area contributed by atoms with E-state index in [4.69, 9.17) is 0 Å². The summed E-state index contributed by atoms with van der Waals surface area (Å²) in [7, 11) is -2.87. The third-order valence-corrected chi connectivity index (χ3v) is 5.74. The Morgan fingerprint density at radius 3 is 2.33 bits per heavy atom. The second-order valence-electron chi connectivity index (χ2n) is 4.44. The van der Waals surface area contributed by atoms with E-state index < -0.39 is 9.84 Å². The molecule has 1 rings (SSSR count). The molecule has 3 unspecified atom stereocenters. The molecule has 0 spiro atoms. The summed E-state index contributed by atoms with van der Waals surface area (Å²) in [5.41, 5.74) is 0. The summed E-state index contributed by atoms with van der Waals surface area (Å²) in [4.78, 5) is 0. The Kier molecular flexibility index (Phi) is 4.59. The predicted octanol–water partition coefficient (Wildman–Crippen LogP) is 1.73. The van der Waals surface area contributed by atoms with Crippen LogP contribution in [-0.4, -0.2) is 31.5 Å². The molecule has 0 radical (unpaired) electrons. The monoisotopic (exact) mass is 233 g/mol. The first-order valence-electron chi connectivity index (χ1n) is 6.02. The summed E-state index contributed by atoms with van der Waals surface area (Å²) in [5.74, 6) is 0.322. The molecule has 90 valence electrons. The van der Waals surface area contributed by atoms with Gasteiger partial charge in [0.05, 0.1) is 11.0 Å². The fourth-order valence-electron chi connectivity index (χ4n) is 2.47. The highest BCUT2D eigenvalue weighted by molar-refractivity contribution is 7.92. The molecule has 1 fully saturated rings. The third kappa shape index (κ3) is 2.94. The van der Waals surface area contributed by atoms with E-state index in [0.29, 0.717) is 5.75 Å². The molecule has 0 aromatic rings. The summed E-state index contributed by atoms with van der Waals surface area (Å²) in [5, 5.41) is 3.32. The van der Waals surface area contributed by atoms with Crippen LogP contribution in [0.1, 0.15) is 46.5 Å². The van der Waals surface area contributed by atoms with E-state index in [1.807, 2.05) is 13.8 Å². The lowest BCUT2D eigenvalue weighted by Crippen LogP contribution is -2.56. The lowest BCUT2D eigenvalue weighted by molar-refractivity contribution is 0.366. The minimum atomic E-state index is -2.87. The van der Waals surface area contributed by atoms with Gasteiger partial charge in [0.25, 0.3) is 0 Å². The van der Waals surface area contributed by atoms with Crippen molar-refractivity contribution in [2.45, 2.75) is 63.8 Å². The van der Waals surface area contributed by atoms with E-state index in [2.05, 4.69) is 12.2 Å². The second-order valence-corrected chi connectivity index (χ2v) is 6.71. The summed E-state index contributed by atoms with van der Waals surface area (Å²) in [6, 6.07) is 0.332. The molecule has 3 atom stereocenters. The first-order valence-corrected chi connectivity index (χ1v) is 7.74. The number of hydrogen-bond donors (Lipinski definition) is 1. The summed E-state index contributed by atoms with van der Waals surface area (Å²) in [6.07, 6.45) is 3.64. The van der Waals surface area contributed by atoms with Crippen molar-refractivity contribution in [3.63, 3.8) is 0 Å². The minimum absolute atomic E-state index is 0.161. The van der Waals surface area contributed by atoms with Crippen LogP contribution in [-0.2, 0) is 9.84 Å². The van der Waals surface area contributed by atoms with Crippen LogP contribution in [0, 0.1) is 0 Å². The van der Waals surface area contributed by atoms with Gasteiger partial charge in [0.15, 0.2) is 9.84 Å². The van der Waals surface area contributed by atoms with Gasteiger partial charge in [-0.15, -0.1) is 0 Å². The quantitative estimate of drug-likeness (QED) is 0.804. The fourth-order valence-corrected chi connectivity index (χ4v) is 4.83. The maximum Gasteiger partial charge on any atom is 0.156 e. The molecule has 0 aliphatic carbocycles. The molecule has 0 aromatic heterocycles. The van der Waals surface area contributed by atoms with Crippen LogP contribution in [0.3, 0.4) is 0 Å². The van der Waals surface area contributed by atoms with Crippen molar-refractivity contribution in [1.82, 2.24) is 5.32 Å². The van der Waals surface area contributed by atoms with Gasteiger partial charge in [-0.25, -0.2) is 8.42 Å². The SMILES string of the molecule is CCCC1NC(CC)CS(=O)(=O)C1CC. The Balaban J connectivity index is 2.83. The van der Waals surface area contributed by atoms with Crippen LogP contribution in [0.5, 0.6) is 0 Å². The predicted molar refractivity (Wildman–Crippen MR) is 63.8 cm³/mol. The molecule has 1 N–H and O–H groups in total. The topological polar surface area (TPSA) is 46.2 Å². The van der Waals surface area contributed by atoms with E-state index in [-0.39, 0.29) is 17.3 Å². The molecular weight excluding hydrogens is 210 g/mol. The van der Waals surface area contributed by atoms with Crippen LogP contribution in [0.4, 0.5) is 0 Å². The van der Waals surface area contributed by atoms with Crippen molar-refractivity contribution < 1.29 is 8.42 Å². The lowest BCUT2D eigenvalue weighted by atomic mass is 10.0.